The minimum absolute atomic E-state index is 0.215. The molecule has 1 saturated heterocycles. The van der Waals surface area contributed by atoms with E-state index < -0.39 is 5.79 Å². The van der Waals surface area contributed by atoms with Crippen molar-refractivity contribution in [2.45, 2.75) is 63.3 Å². The number of hydrogen-bond donors (Lipinski definition) is 1. The van der Waals surface area contributed by atoms with Crippen LogP contribution in [0.5, 0.6) is 0 Å². The van der Waals surface area contributed by atoms with Gasteiger partial charge in [0.15, 0.2) is 5.79 Å². The monoisotopic (exact) mass is 252 g/mol. The van der Waals surface area contributed by atoms with Gasteiger partial charge in [-0.15, -0.1) is 0 Å². The van der Waals surface area contributed by atoms with Crippen molar-refractivity contribution < 1.29 is 14.6 Å². The molecule has 3 nitrogen and oxygen atoms in total. The van der Waals surface area contributed by atoms with Gasteiger partial charge < -0.3 is 14.6 Å². The van der Waals surface area contributed by atoms with Crippen molar-refractivity contribution in [3.63, 3.8) is 0 Å². The molecule has 0 bridgehead atoms. The van der Waals surface area contributed by atoms with Gasteiger partial charge in [-0.3, -0.25) is 0 Å². The third kappa shape index (κ3) is 1.84. The average Bonchev–Trinajstić information content (AvgIpc) is 2.67. The van der Waals surface area contributed by atoms with E-state index >= 15 is 0 Å². The Morgan fingerprint density at radius 3 is 2.61 bits per heavy atom. The van der Waals surface area contributed by atoms with E-state index in [1.54, 1.807) is 0 Å². The normalized spacial score (nSPS) is 39.9. The summed E-state index contributed by atoms with van der Waals surface area (Å²) >= 11 is 0. The van der Waals surface area contributed by atoms with E-state index in [4.69, 9.17) is 9.47 Å². The number of aliphatic hydroxyl groups is 1. The second-order valence-electron chi connectivity index (χ2n) is 5.94. The highest BCUT2D eigenvalue weighted by Gasteiger charge is 2.58. The summed E-state index contributed by atoms with van der Waals surface area (Å²) < 4.78 is 12.1. The molecule has 1 aliphatic heterocycles. The van der Waals surface area contributed by atoms with E-state index in [0.29, 0.717) is 13.2 Å². The van der Waals surface area contributed by atoms with Crippen LogP contribution in [0.15, 0.2) is 12.2 Å². The molecule has 1 heterocycles. The summed E-state index contributed by atoms with van der Waals surface area (Å²) in [6, 6.07) is 0. The quantitative estimate of drug-likeness (QED) is 0.674. The van der Waals surface area contributed by atoms with Crippen LogP contribution in [-0.2, 0) is 9.47 Å². The summed E-state index contributed by atoms with van der Waals surface area (Å²) in [5, 5.41) is 10.7. The van der Waals surface area contributed by atoms with Crippen LogP contribution in [0.1, 0.15) is 51.4 Å². The van der Waals surface area contributed by atoms with E-state index in [9.17, 15) is 5.11 Å². The smallest absolute Gasteiger partial charge is 0.176 e. The van der Waals surface area contributed by atoms with Crippen LogP contribution in [0.4, 0.5) is 0 Å². The van der Waals surface area contributed by atoms with E-state index in [1.807, 2.05) is 0 Å². The minimum Gasteiger partial charge on any atom is -0.392 e. The van der Waals surface area contributed by atoms with Crippen LogP contribution in [-0.4, -0.2) is 30.2 Å². The molecule has 3 aliphatic rings. The SMILES string of the molecule is O[C@H]1CCC=CC[C@]12CCCCCC21OCCO1. The predicted octanol–water partition coefficient (Wildman–Crippen LogP) is 2.78. The predicted molar refractivity (Wildman–Crippen MR) is 69.2 cm³/mol. The zero-order valence-electron chi connectivity index (χ0n) is 11.1. The van der Waals surface area contributed by atoms with Crippen molar-refractivity contribution in [2.24, 2.45) is 5.41 Å². The fourth-order valence-electron chi connectivity index (χ4n) is 4.06. The lowest BCUT2D eigenvalue weighted by Gasteiger charge is -2.48. The average molecular weight is 252 g/mol. The summed E-state index contributed by atoms with van der Waals surface area (Å²) in [7, 11) is 0. The lowest BCUT2D eigenvalue weighted by molar-refractivity contribution is -0.268. The number of allylic oxidation sites excluding steroid dienone is 2. The van der Waals surface area contributed by atoms with Crippen LogP contribution in [0.2, 0.25) is 0 Å². The fraction of sp³-hybridized carbons (Fsp3) is 0.867. The van der Waals surface area contributed by atoms with Crippen LogP contribution >= 0.6 is 0 Å². The number of hydrogen-bond acceptors (Lipinski definition) is 3. The molecule has 0 radical (unpaired) electrons. The number of rotatable bonds is 0. The maximum Gasteiger partial charge on any atom is 0.176 e. The van der Waals surface area contributed by atoms with Crippen molar-refractivity contribution in [2.75, 3.05) is 13.2 Å². The first-order valence-electron chi connectivity index (χ1n) is 7.40. The van der Waals surface area contributed by atoms with Crippen molar-refractivity contribution in [3.8, 4) is 0 Å². The van der Waals surface area contributed by atoms with Crippen molar-refractivity contribution in [1.29, 1.82) is 0 Å². The van der Waals surface area contributed by atoms with Gasteiger partial charge in [0.2, 0.25) is 0 Å². The van der Waals surface area contributed by atoms with Crippen LogP contribution in [0, 0.1) is 5.41 Å². The highest BCUT2D eigenvalue weighted by molar-refractivity contribution is 5.08. The van der Waals surface area contributed by atoms with Crippen LogP contribution in [0.3, 0.4) is 0 Å². The maximum atomic E-state index is 10.7. The second kappa shape index (κ2) is 4.95. The molecule has 0 aromatic carbocycles. The minimum atomic E-state index is -0.516. The zero-order valence-corrected chi connectivity index (χ0v) is 11.1. The van der Waals surface area contributed by atoms with Crippen molar-refractivity contribution in [1.82, 2.24) is 0 Å². The Balaban J connectivity index is 1.99. The van der Waals surface area contributed by atoms with Gasteiger partial charge >= 0.3 is 0 Å². The standard InChI is InChI=1S/C15H24O3/c16-13-7-3-1-4-8-14(13)9-5-2-6-10-15(14)17-11-12-18-15/h1,4,13,16H,2-3,5-12H2/t13-,14-/m0/s1. The van der Waals surface area contributed by atoms with Crippen LogP contribution < -0.4 is 0 Å². The summed E-state index contributed by atoms with van der Waals surface area (Å²) in [4.78, 5) is 0. The molecule has 102 valence electrons. The summed E-state index contributed by atoms with van der Waals surface area (Å²) in [5.41, 5.74) is -0.215. The molecular formula is C15H24O3. The Kier molecular flexibility index (Phi) is 3.48. The van der Waals surface area contributed by atoms with Gasteiger partial charge in [-0.25, -0.2) is 0 Å². The largest absolute Gasteiger partial charge is 0.392 e. The lowest BCUT2D eigenvalue weighted by atomic mass is 9.68. The number of aliphatic hydroxyl groups excluding tert-OH is 1. The number of fused-ring (bicyclic) bond motifs is 1. The third-order valence-electron chi connectivity index (χ3n) is 5.03. The molecular weight excluding hydrogens is 228 g/mol. The van der Waals surface area contributed by atoms with E-state index in [0.717, 1.165) is 38.5 Å². The Labute approximate surface area is 109 Å². The molecule has 0 aromatic rings. The van der Waals surface area contributed by atoms with E-state index in [-0.39, 0.29) is 11.5 Å². The van der Waals surface area contributed by atoms with Crippen LogP contribution in [0.25, 0.3) is 0 Å². The van der Waals surface area contributed by atoms with E-state index in [2.05, 4.69) is 12.2 Å². The highest BCUT2D eigenvalue weighted by Crippen LogP contribution is 2.54. The molecule has 2 fully saturated rings. The van der Waals surface area contributed by atoms with Crippen molar-refractivity contribution in [3.05, 3.63) is 12.2 Å². The van der Waals surface area contributed by atoms with Gasteiger partial charge in [0, 0.05) is 6.42 Å². The number of ether oxygens (including phenoxy) is 2. The molecule has 2 aliphatic carbocycles. The molecule has 1 saturated carbocycles. The Morgan fingerprint density at radius 1 is 1.00 bits per heavy atom. The second-order valence-corrected chi connectivity index (χ2v) is 5.94. The topological polar surface area (TPSA) is 38.7 Å². The van der Waals surface area contributed by atoms with Crippen molar-refractivity contribution >= 4 is 0 Å². The van der Waals surface area contributed by atoms with E-state index in [1.165, 1.54) is 12.8 Å². The van der Waals surface area contributed by atoms with Gasteiger partial charge in [-0.1, -0.05) is 25.0 Å². The van der Waals surface area contributed by atoms with Gasteiger partial charge in [0.1, 0.15) is 0 Å². The highest BCUT2D eigenvalue weighted by atomic mass is 16.7. The van der Waals surface area contributed by atoms with Gasteiger partial charge in [0.25, 0.3) is 0 Å². The lowest BCUT2D eigenvalue weighted by Crippen LogP contribution is -2.55. The Bertz CT molecular complexity index is 320. The van der Waals surface area contributed by atoms with Gasteiger partial charge in [0.05, 0.1) is 24.7 Å². The molecule has 0 aromatic heterocycles. The molecule has 18 heavy (non-hydrogen) atoms. The summed E-state index contributed by atoms with van der Waals surface area (Å²) in [5.74, 6) is -0.516. The first kappa shape index (κ1) is 12.6. The molecule has 0 amide bonds. The first-order valence-corrected chi connectivity index (χ1v) is 7.40. The Hall–Kier alpha value is -0.380. The molecule has 2 atom stereocenters. The third-order valence-corrected chi connectivity index (χ3v) is 5.03. The summed E-state index contributed by atoms with van der Waals surface area (Å²) in [6.07, 6.45) is 12.4. The molecule has 2 spiro atoms. The molecule has 1 N–H and O–H groups in total. The molecule has 0 unspecified atom stereocenters. The van der Waals surface area contributed by atoms with Gasteiger partial charge in [-0.05, 0) is 32.1 Å². The maximum absolute atomic E-state index is 10.7. The first-order chi connectivity index (χ1) is 8.79. The zero-order chi connectivity index (χ0) is 12.5. The summed E-state index contributed by atoms with van der Waals surface area (Å²) in [6.45, 7) is 1.36. The molecule has 3 rings (SSSR count). The molecule has 3 heteroatoms. The fourth-order valence-corrected chi connectivity index (χ4v) is 4.06. The Morgan fingerprint density at radius 2 is 1.78 bits per heavy atom. The van der Waals surface area contributed by atoms with Gasteiger partial charge in [-0.2, -0.15) is 0 Å².